The lowest BCUT2D eigenvalue weighted by molar-refractivity contribution is -0.143. The van der Waals surface area contributed by atoms with Crippen LogP contribution in [-0.4, -0.2) is 24.7 Å². The number of benzene rings is 1. The van der Waals surface area contributed by atoms with Gasteiger partial charge in [-0.3, -0.25) is 0 Å². The number of rotatable bonds is 6. The van der Waals surface area contributed by atoms with Gasteiger partial charge < -0.3 is 20.1 Å². The molecule has 0 spiro atoms. The summed E-state index contributed by atoms with van der Waals surface area (Å²) in [5.74, 6) is 0.319. The number of nitrogens with one attached hydrogen (secondary N) is 2. The van der Waals surface area contributed by atoms with Crippen molar-refractivity contribution < 1.29 is 19.1 Å². The number of urea groups is 1. The van der Waals surface area contributed by atoms with E-state index in [9.17, 15) is 9.59 Å². The molecule has 0 unspecified atom stereocenters. The number of carbonyl (C=O) groups is 2. The first kappa shape index (κ1) is 17.8. The summed E-state index contributed by atoms with van der Waals surface area (Å²) in [6.07, 6.45) is 0.695. The van der Waals surface area contributed by atoms with Crippen LogP contribution in [0, 0.1) is 0 Å². The number of carbonyl (C=O) groups excluding carboxylic acids is 2. The van der Waals surface area contributed by atoms with Crippen molar-refractivity contribution in [1.82, 2.24) is 10.6 Å². The molecule has 1 atom stereocenters. The Hall–Kier alpha value is -2.50. The van der Waals surface area contributed by atoms with Crippen molar-refractivity contribution in [2.45, 2.75) is 46.3 Å². The number of hydrogen-bond acceptors (Lipinski definition) is 4. The molecule has 1 heterocycles. The minimum Gasteiger partial charge on any atom is -0.494 e. The predicted octanol–water partition coefficient (Wildman–Crippen LogP) is 3.05. The van der Waals surface area contributed by atoms with E-state index in [4.69, 9.17) is 9.47 Å². The second kappa shape index (κ2) is 7.86. The second-order valence-corrected chi connectivity index (χ2v) is 5.94. The Balaban J connectivity index is 2.29. The Kier molecular flexibility index (Phi) is 5.84. The van der Waals surface area contributed by atoms with Crippen molar-refractivity contribution in [2.24, 2.45) is 0 Å². The molecule has 0 radical (unpaired) electrons. The topological polar surface area (TPSA) is 76.7 Å². The zero-order chi connectivity index (χ0) is 17.7. The fourth-order valence-electron chi connectivity index (χ4n) is 2.47. The molecule has 1 aromatic rings. The SMILES string of the molecule is CCCOc1ccc([C@@H]2NC(=O)NC(C)=C2C(=O)OC(C)C)cc1. The lowest BCUT2D eigenvalue weighted by Gasteiger charge is -2.28. The van der Waals surface area contributed by atoms with Gasteiger partial charge in [-0.1, -0.05) is 19.1 Å². The zero-order valence-corrected chi connectivity index (χ0v) is 14.5. The van der Waals surface area contributed by atoms with Crippen molar-refractivity contribution >= 4 is 12.0 Å². The summed E-state index contributed by atoms with van der Waals surface area (Å²) in [5, 5.41) is 5.41. The fraction of sp³-hybridized carbons (Fsp3) is 0.444. The van der Waals surface area contributed by atoms with Crippen LogP contribution in [0.15, 0.2) is 35.5 Å². The standard InChI is InChI=1S/C18H24N2O4/c1-5-10-23-14-8-6-13(7-9-14)16-15(17(21)24-11(2)3)12(4)19-18(22)20-16/h6-9,11,16H,5,10H2,1-4H3,(H2,19,20,22)/t16-/m0/s1. The molecular formula is C18H24N2O4. The van der Waals surface area contributed by atoms with Gasteiger partial charge >= 0.3 is 12.0 Å². The first-order chi connectivity index (χ1) is 11.4. The largest absolute Gasteiger partial charge is 0.494 e. The molecule has 130 valence electrons. The molecule has 1 aliphatic heterocycles. The molecule has 2 amide bonds. The highest BCUT2D eigenvalue weighted by atomic mass is 16.5. The van der Waals surface area contributed by atoms with E-state index in [0.29, 0.717) is 17.9 Å². The van der Waals surface area contributed by atoms with E-state index < -0.39 is 12.0 Å². The zero-order valence-electron chi connectivity index (χ0n) is 14.5. The monoisotopic (exact) mass is 332 g/mol. The predicted molar refractivity (Wildman–Crippen MR) is 90.6 cm³/mol. The van der Waals surface area contributed by atoms with E-state index in [0.717, 1.165) is 17.7 Å². The molecular weight excluding hydrogens is 308 g/mol. The minimum absolute atomic E-state index is 0.235. The Morgan fingerprint density at radius 2 is 1.92 bits per heavy atom. The molecule has 6 heteroatoms. The van der Waals surface area contributed by atoms with Crippen LogP contribution in [0.4, 0.5) is 4.79 Å². The Morgan fingerprint density at radius 1 is 1.25 bits per heavy atom. The summed E-state index contributed by atoms with van der Waals surface area (Å²) in [4.78, 5) is 24.2. The van der Waals surface area contributed by atoms with Crippen LogP contribution in [0.2, 0.25) is 0 Å². The highest BCUT2D eigenvalue weighted by Gasteiger charge is 2.32. The first-order valence-electron chi connectivity index (χ1n) is 8.14. The molecule has 0 aliphatic carbocycles. The lowest BCUT2D eigenvalue weighted by atomic mass is 9.95. The number of hydrogen-bond donors (Lipinski definition) is 2. The quantitative estimate of drug-likeness (QED) is 0.785. The molecule has 0 aromatic heterocycles. The average molecular weight is 332 g/mol. The summed E-state index contributed by atoms with van der Waals surface area (Å²) in [6.45, 7) is 7.96. The van der Waals surface area contributed by atoms with Crippen molar-refractivity contribution in [1.29, 1.82) is 0 Å². The van der Waals surface area contributed by atoms with Crippen LogP contribution in [0.5, 0.6) is 5.75 Å². The summed E-state index contributed by atoms with van der Waals surface area (Å²) < 4.78 is 10.9. The number of allylic oxidation sites excluding steroid dienone is 1. The van der Waals surface area contributed by atoms with Gasteiger partial charge in [-0.15, -0.1) is 0 Å². The van der Waals surface area contributed by atoms with Gasteiger partial charge in [0.1, 0.15) is 5.75 Å². The molecule has 1 aromatic carbocycles. The number of esters is 1. The van der Waals surface area contributed by atoms with E-state index in [1.54, 1.807) is 20.8 Å². The van der Waals surface area contributed by atoms with Gasteiger partial charge in [0, 0.05) is 5.70 Å². The van der Waals surface area contributed by atoms with Crippen molar-refractivity contribution in [2.75, 3.05) is 6.61 Å². The molecule has 0 bridgehead atoms. The summed E-state index contributed by atoms with van der Waals surface area (Å²) in [5.41, 5.74) is 1.70. The molecule has 0 fully saturated rings. The van der Waals surface area contributed by atoms with Crippen molar-refractivity contribution in [3.05, 3.63) is 41.1 Å². The van der Waals surface area contributed by atoms with Crippen LogP contribution in [0.3, 0.4) is 0 Å². The van der Waals surface area contributed by atoms with Gasteiger partial charge in [0.05, 0.1) is 24.3 Å². The van der Waals surface area contributed by atoms with Gasteiger partial charge in [-0.25, -0.2) is 9.59 Å². The molecule has 0 saturated heterocycles. The Morgan fingerprint density at radius 3 is 2.50 bits per heavy atom. The number of ether oxygens (including phenoxy) is 2. The van der Waals surface area contributed by atoms with Crippen LogP contribution in [-0.2, 0) is 9.53 Å². The Bertz CT molecular complexity index is 635. The summed E-state index contributed by atoms with van der Waals surface area (Å²) in [7, 11) is 0. The molecule has 24 heavy (non-hydrogen) atoms. The maximum atomic E-state index is 12.4. The van der Waals surface area contributed by atoms with E-state index in [2.05, 4.69) is 10.6 Å². The van der Waals surface area contributed by atoms with E-state index >= 15 is 0 Å². The molecule has 2 N–H and O–H groups in total. The molecule has 2 rings (SSSR count). The minimum atomic E-state index is -0.551. The summed E-state index contributed by atoms with van der Waals surface area (Å²) >= 11 is 0. The van der Waals surface area contributed by atoms with Crippen LogP contribution in [0.25, 0.3) is 0 Å². The van der Waals surface area contributed by atoms with Gasteiger partial charge in [0.15, 0.2) is 0 Å². The van der Waals surface area contributed by atoms with Gasteiger partial charge in [-0.2, -0.15) is 0 Å². The third-order valence-corrected chi connectivity index (χ3v) is 3.52. The van der Waals surface area contributed by atoms with Gasteiger partial charge in [-0.05, 0) is 44.9 Å². The van der Waals surface area contributed by atoms with E-state index in [1.807, 2.05) is 31.2 Å². The number of amides is 2. The third kappa shape index (κ3) is 4.28. The molecule has 0 saturated carbocycles. The van der Waals surface area contributed by atoms with E-state index in [1.165, 1.54) is 0 Å². The highest BCUT2D eigenvalue weighted by molar-refractivity contribution is 5.95. The average Bonchev–Trinajstić information content (AvgIpc) is 2.51. The van der Waals surface area contributed by atoms with Crippen LogP contribution in [0.1, 0.15) is 45.7 Å². The molecule has 6 nitrogen and oxygen atoms in total. The van der Waals surface area contributed by atoms with Crippen LogP contribution >= 0.6 is 0 Å². The maximum Gasteiger partial charge on any atom is 0.338 e. The van der Waals surface area contributed by atoms with E-state index in [-0.39, 0.29) is 12.1 Å². The summed E-state index contributed by atoms with van der Waals surface area (Å²) in [6, 6.07) is 6.46. The van der Waals surface area contributed by atoms with Crippen molar-refractivity contribution in [3.63, 3.8) is 0 Å². The highest BCUT2D eigenvalue weighted by Crippen LogP contribution is 2.29. The van der Waals surface area contributed by atoms with Gasteiger partial charge in [0.2, 0.25) is 0 Å². The first-order valence-corrected chi connectivity index (χ1v) is 8.14. The second-order valence-electron chi connectivity index (χ2n) is 5.94. The van der Waals surface area contributed by atoms with Gasteiger partial charge in [0.25, 0.3) is 0 Å². The Labute approximate surface area is 142 Å². The maximum absolute atomic E-state index is 12.4. The fourth-order valence-corrected chi connectivity index (χ4v) is 2.47. The van der Waals surface area contributed by atoms with Crippen molar-refractivity contribution in [3.8, 4) is 5.75 Å². The lowest BCUT2D eigenvalue weighted by Crippen LogP contribution is -2.45. The normalized spacial score (nSPS) is 17.4. The smallest absolute Gasteiger partial charge is 0.338 e. The third-order valence-electron chi connectivity index (χ3n) is 3.52. The molecule has 1 aliphatic rings. The van der Waals surface area contributed by atoms with Crippen LogP contribution < -0.4 is 15.4 Å².